The molecule has 0 amide bonds. The average molecular weight is 258 g/mol. The van der Waals surface area contributed by atoms with Crippen LogP contribution >= 0.6 is 11.6 Å². The van der Waals surface area contributed by atoms with E-state index in [4.69, 9.17) is 11.6 Å². The first-order valence-corrected chi connectivity index (χ1v) is 5.26. The standard InChI is InChI=1S/C12H11ClN2.K/c13-12-4-2-1-3-10(12)9-15-11-5-7-14-8-6-11;/h1-4,14H,5,7-8H2;/q-2;+1. The van der Waals surface area contributed by atoms with Crippen LogP contribution in [0.2, 0.25) is 5.02 Å². The first-order valence-electron chi connectivity index (χ1n) is 4.88. The maximum absolute atomic E-state index is 5.98. The van der Waals surface area contributed by atoms with Crippen molar-refractivity contribution in [3.8, 4) is 0 Å². The molecule has 1 aromatic carbocycles. The van der Waals surface area contributed by atoms with Crippen LogP contribution in [0.15, 0.2) is 35.0 Å². The van der Waals surface area contributed by atoms with Gasteiger partial charge >= 0.3 is 51.4 Å². The molecule has 0 spiro atoms. The summed E-state index contributed by atoms with van der Waals surface area (Å²) in [6.45, 7) is 1.72. The van der Waals surface area contributed by atoms with Crippen molar-refractivity contribution < 1.29 is 51.4 Å². The minimum Gasteiger partial charge on any atom is -0.513 e. The molecule has 16 heavy (non-hydrogen) atoms. The number of benzene rings is 1. The van der Waals surface area contributed by atoms with E-state index >= 15 is 0 Å². The SMILES string of the molecule is Clc1ccccc1[C-]=NC1=[C-]CNCC1.[K+]. The molecule has 2 rings (SSSR count). The van der Waals surface area contributed by atoms with E-state index in [1.165, 1.54) is 0 Å². The number of hydrogen-bond acceptors (Lipinski definition) is 2. The van der Waals surface area contributed by atoms with E-state index in [1.807, 2.05) is 24.3 Å². The molecule has 0 radical (unpaired) electrons. The molecule has 1 aromatic rings. The Morgan fingerprint density at radius 1 is 1.38 bits per heavy atom. The van der Waals surface area contributed by atoms with Gasteiger partial charge in [-0.05, 0) is 17.8 Å². The molecule has 0 fully saturated rings. The molecule has 0 atom stereocenters. The number of halogens is 1. The normalized spacial score (nSPS) is 15.7. The third-order valence-corrected chi connectivity index (χ3v) is 2.47. The number of hydrogen-bond donors (Lipinski definition) is 1. The van der Waals surface area contributed by atoms with Gasteiger partial charge in [-0.2, -0.15) is 0 Å². The van der Waals surface area contributed by atoms with E-state index in [-0.39, 0.29) is 51.4 Å². The third kappa shape index (κ3) is 4.41. The maximum Gasteiger partial charge on any atom is 1.00 e. The smallest absolute Gasteiger partial charge is 0.513 e. The topological polar surface area (TPSA) is 24.4 Å². The van der Waals surface area contributed by atoms with Gasteiger partial charge < -0.3 is 16.4 Å². The summed E-state index contributed by atoms with van der Waals surface area (Å²) in [6.07, 6.45) is 6.99. The molecule has 78 valence electrons. The zero-order valence-corrected chi connectivity index (χ0v) is 13.1. The number of rotatable bonds is 2. The van der Waals surface area contributed by atoms with E-state index in [0.29, 0.717) is 5.02 Å². The van der Waals surface area contributed by atoms with Gasteiger partial charge in [-0.25, -0.2) is 5.70 Å². The van der Waals surface area contributed by atoms with Crippen LogP contribution in [0, 0.1) is 6.08 Å². The molecule has 0 bridgehead atoms. The quantitative estimate of drug-likeness (QED) is 0.424. The summed E-state index contributed by atoms with van der Waals surface area (Å²) in [4.78, 5) is 4.25. The molecule has 0 unspecified atom stereocenters. The summed E-state index contributed by atoms with van der Waals surface area (Å²) >= 11 is 5.98. The van der Waals surface area contributed by atoms with Crippen molar-refractivity contribution in [3.63, 3.8) is 0 Å². The van der Waals surface area contributed by atoms with Gasteiger partial charge in [0.25, 0.3) is 0 Å². The minimum absolute atomic E-state index is 0. The van der Waals surface area contributed by atoms with Crippen LogP contribution in [-0.4, -0.2) is 19.3 Å². The predicted octanol–water partition coefficient (Wildman–Crippen LogP) is -0.680. The Hall–Kier alpha value is 0.516. The fraction of sp³-hybridized carbons (Fsp3) is 0.250. The molecule has 1 aliphatic rings. The molecule has 0 saturated carbocycles. The summed E-state index contributed by atoms with van der Waals surface area (Å²) < 4.78 is 0. The Morgan fingerprint density at radius 3 is 2.88 bits per heavy atom. The summed E-state index contributed by atoms with van der Waals surface area (Å²) in [7, 11) is 0. The minimum atomic E-state index is 0. The zero-order valence-electron chi connectivity index (χ0n) is 9.26. The maximum atomic E-state index is 5.98. The van der Waals surface area contributed by atoms with Crippen LogP contribution in [0.3, 0.4) is 0 Å². The van der Waals surface area contributed by atoms with Gasteiger partial charge in [-0.15, -0.1) is 35.8 Å². The summed E-state index contributed by atoms with van der Waals surface area (Å²) in [5, 5.41) is 3.86. The number of nitrogens with zero attached hydrogens (tertiary/aromatic N) is 1. The Bertz CT molecular complexity index is 402. The van der Waals surface area contributed by atoms with Gasteiger partial charge in [-0.1, -0.05) is 18.6 Å². The fourth-order valence-electron chi connectivity index (χ4n) is 1.32. The first kappa shape index (κ1) is 14.6. The Labute approximate surface area is 144 Å². The van der Waals surface area contributed by atoms with Gasteiger partial charge in [0.05, 0.1) is 0 Å². The fourth-order valence-corrected chi connectivity index (χ4v) is 1.50. The molecule has 1 heterocycles. The second-order valence-corrected chi connectivity index (χ2v) is 3.66. The van der Waals surface area contributed by atoms with Gasteiger partial charge in [-0.3, -0.25) is 0 Å². The molecule has 0 aliphatic carbocycles. The Morgan fingerprint density at radius 2 is 2.19 bits per heavy atom. The summed E-state index contributed by atoms with van der Waals surface area (Å²) in [5.74, 6) is 0. The van der Waals surface area contributed by atoms with E-state index in [9.17, 15) is 0 Å². The van der Waals surface area contributed by atoms with Crippen LogP contribution in [0.4, 0.5) is 0 Å². The second kappa shape index (κ2) is 7.77. The van der Waals surface area contributed by atoms with Gasteiger partial charge in [0, 0.05) is 0 Å². The van der Waals surface area contributed by atoms with Crippen LogP contribution in [0.25, 0.3) is 0 Å². The van der Waals surface area contributed by atoms with Crippen LogP contribution in [0.1, 0.15) is 12.0 Å². The van der Waals surface area contributed by atoms with Crippen LogP contribution in [-0.2, 0) is 0 Å². The predicted molar refractivity (Wildman–Crippen MR) is 62.2 cm³/mol. The molecule has 4 heteroatoms. The van der Waals surface area contributed by atoms with E-state index in [2.05, 4.69) is 22.6 Å². The molecule has 2 nitrogen and oxygen atoms in total. The molecular formula is C12H11ClKN2-. The van der Waals surface area contributed by atoms with Crippen molar-refractivity contribution in [2.75, 3.05) is 13.1 Å². The van der Waals surface area contributed by atoms with Crippen molar-refractivity contribution in [1.82, 2.24) is 5.32 Å². The monoisotopic (exact) mass is 257 g/mol. The Balaban J connectivity index is 0.00000128. The molecule has 0 saturated heterocycles. The number of nitrogens with one attached hydrogen (secondary N) is 1. The van der Waals surface area contributed by atoms with Gasteiger partial charge in [0.2, 0.25) is 0 Å². The largest absolute Gasteiger partial charge is 1.00 e. The van der Waals surface area contributed by atoms with E-state index in [1.54, 1.807) is 0 Å². The number of aliphatic imine (C=N–C) groups is 1. The summed E-state index contributed by atoms with van der Waals surface area (Å²) in [5.41, 5.74) is 1.78. The van der Waals surface area contributed by atoms with Gasteiger partial charge in [0.15, 0.2) is 0 Å². The van der Waals surface area contributed by atoms with Crippen molar-refractivity contribution in [3.05, 3.63) is 46.6 Å². The second-order valence-electron chi connectivity index (χ2n) is 3.25. The average Bonchev–Trinajstić information content (AvgIpc) is 2.29. The van der Waals surface area contributed by atoms with Crippen LogP contribution in [0.5, 0.6) is 0 Å². The molecule has 1 N–H and O–H groups in total. The van der Waals surface area contributed by atoms with Crippen molar-refractivity contribution in [1.29, 1.82) is 0 Å². The van der Waals surface area contributed by atoms with Crippen molar-refractivity contribution in [2.24, 2.45) is 4.99 Å². The molecule has 0 aromatic heterocycles. The van der Waals surface area contributed by atoms with Crippen LogP contribution < -0.4 is 56.7 Å². The molecule has 1 aliphatic heterocycles. The van der Waals surface area contributed by atoms with E-state index in [0.717, 1.165) is 30.8 Å². The van der Waals surface area contributed by atoms with Crippen molar-refractivity contribution >= 4 is 17.8 Å². The van der Waals surface area contributed by atoms with Crippen molar-refractivity contribution in [2.45, 2.75) is 6.42 Å². The van der Waals surface area contributed by atoms with Gasteiger partial charge in [0.1, 0.15) is 0 Å². The van der Waals surface area contributed by atoms with E-state index < -0.39 is 0 Å². The molecular weight excluding hydrogens is 247 g/mol. The Kier molecular flexibility index (Phi) is 7.08. The zero-order chi connectivity index (χ0) is 10.5. The third-order valence-electron chi connectivity index (χ3n) is 2.14. The summed E-state index contributed by atoms with van der Waals surface area (Å²) in [6, 6.07) is 7.54. The first-order chi connectivity index (χ1) is 7.36.